The second-order valence-corrected chi connectivity index (χ2v) is 5.10. The highest BCUT2D eigenvalue weighted by molar-refractivity contribution is 6.35. The topological polar surface area (TPSA) is 24.5 Å². The minimum Gasteiger partial charge on any atom is -0.381 e. The number of hydrogen-bond acceptors (Lipinski definition) is 3. The van der Waals surface area contributed by atoms with E-state index < -0.39 is 0 Å². The zero-order valence-electron chi connectivity index (χ0n) is 9.75. The van der Waals surface area contributed by atoms with Crippen molar-refractivity contribution in [3.63, 3.8) is 0 Å². The summed E-state index contributed by atoms with van der Waals surface area (Å²) in [6.07, 6.45) is 0.198. The second-order valence-electron chi connectivity index (χ2n) is 4.26. The van der Waals surface area contributed by atoms with Gasteiger partial charge in [-0.3, -0.25) is 0 Å². The third-order valence-corrected chi connectivity index (χ3v) is 3.36. The average Bonchev–Trinajstić information content (AvgIpc) is 2.30. The zero-order chi connectivity index (χ0) is 12.3. The molecule has 1 saturated heterocycles. The van der Waals surface area contributed by atoms with Gasteiger partial charge in [-0.2, -0.15) is 0 Å². The maximum Gasteiger partial charge on any atom is 0.0874 e. The van der Waals surface area contributed by atoms with Crippen molar-refractivity contribution in [2.45, 2.75) is 6.10 Å². The Morgan fingerprint density at radius 2 is 2.29 bits per heavy atom. The number of nitrogens with one attached hydrogen (secondary N) is 1. The first-order chi connectivity index (χ1) is 8.15. The van der Waals surface area contributed by atoms with Crippen molar-refractivity contribution in [3.8, 4) is 0 Å². The van der Waals surface area contributed by atoms with Gasteiger partial charge in [-0.25, -0.2) is 0 Å². The van der Waals surface area contributed by atoms with Crippen molar-refractivity contribution in [1.82, 2.24) is 4.90 Å². The SMILES string of the molecule is CN1CCOC(CNc2cc(Cl)ccc2Cl)C1. The Bertz CT molecular complexity index is 387. The summed E-state index contributed by atoms with van der Waals surface area (Å²) in [5, 5.41) is 4.63. The van der Waals surface area contributed by atoms with Crippen LogP contribution < -0.4 is 5.32 Å². The summed E-state index contributed by atoms with van der Waals surface area (Å²) in [5.41, 5.74) is 0.857. The largest absolute Gasteiger partial charge is 0.381 e. The van der Waals surface area contributed by atoms with Gasteiger partial charge in [0.05, 0.1) is 23.4 Å². The Balaban J connectivity index is 1.90. The van der Waals surface area contributed by atoms with E-state index in [4.69, 9.17) is 27.9 Å². The number of likely N-dealkylation sites (N-methyl/N-ethyl adjacent to an activating group) is 1. The highest BCUT2D eigenvalue weighted by Crippen LogP contribution is 2.25. The lowest BCUT2D eigenvalue weighted by molar-refractivity contribution is -0.0117. The van der Waals surface area contributed by atoms with Crippen molar-refractivity contribution < 1.29 is 4.74 Å². The molecule has 1 aliphatic rings. The van der Waals surface area contributed by atoms with Crippen LogP contribution in [-0.4, -0.2) is 44.3 Å². The Labute approximate surface area is 112 Å². The maximum atomic E-state index is 6.07. The lowest BCUT2D eigenvalue weighted by atomic mass is 10.2. The molecule has 1 heterocycles. The number of anilines is 1. The highest BCUT2D eigenvalue weighted by atomic mass is 35.5. The molecule has 1 aromatic rings. The molecule has 1 N–H and O–H groups in total. The Kier molecular flexibility index (Phi) is 4.51. The van der Waals surface area contributed by atoms with E-state index in [-0.39, 0.29) is 6.10 Å². The lowest BCUT2D eigenvalue weighted by Gasteiger charge is -2.30. The second kappa shape index (κ2) is 5.91. The van der Waals surface area contributed by atoms with Crippen molar-refractivity contribution in [3.05, 3.63) is 28.2 Å². The normalized spacial score (nSPS) is 21.5. The number of benzene rings is 1. The van der Waals surface area contributed by atoms with E-state index in [0.29, 0.717) is 10.0 Å². The van der Waals surface area contributed by atoms with Crippen LogP contribution in [0.2, 0.25) is 10.0 Å². The van der Waals surface area contributed by atoms with Crippen LogP contribution in [0.25, 0.3) is 0 Å². The van der Waals surface area contributed by atoms with Crippen LogP contribution in [0.15, 0.2) is 18.2 Å². The molecule has 0 aromatic heterocycles. The van der Waals surface area contributed by atoms with Crippen LogP contribution in [0.3, 0.4) is 0 Å². The van der Waals surface area contributed by atoms with Gasteiger partial charge in [0, 0.05) is 24.7 Å². The van der Waals surface area contributed by atoms with Gasteiger partial charge in [0.25, 0.3) is 0 Å². The quantitative estimate of drug-likeness (QED) is 0.918. The molecule has 3 nitrogen and oxygen atoms in total. The molecule has 0 bridgehead atoms. The Morgan fingerprint density at radius 3 is 3.06 bits per heavy atom. The number of ether oxygens (including phenoxy) is 1. The predicted octanol–water partition coefficient (Wildman–Crippen LogP) is 2.74. The fourth-order valence-corrected chi connectivity index (χ4v) is 2.20. The summed E-state index contributed by atoms with van der Waals surface area (Å²) in [6, 6.07) is 5.40. The van der Waals surface area contributed by atoms with Gasteiger partial charge in [0.1, 0.15) is 0 Å². The molecule has 2 rings (SSSR count). The van der Waals surface area contributed by atoms with E-state index in [0.717, 1.165) is 31.9 Å². The molecule has 1 aliphatic heterocycles. The highest BCUT2D eigenvalue weighted by Gasteiger charge is 2.17. The molecular formula is C12H16Cl2N2O. The monoisotopic (exact) mass is 274 g/mol. The predicted molar refractivity (Wildman–Crippen MR) is 72.2 cm³/mol. The molecule has 1 unspecified atom stereocenters. The van der Waals surface area contributed by atoms with Crippen molar-refractivity contribution >= 4 is 28.9 Å². The first kappa shape index (κ1) is 13.0. The first-order valence-electron chi connectivity index (χ1n) is 5.64. The molecule has 1 aromatic carbocycles. The van der Waals surface area contributed by atoms with Crippen molar-refractivity contribution in [2.75, 3.05) is 38.6 Å². The van der Waals surface area contributed by atoms with Crippen molar-refractivity contribution in [1.29, 1.82) is 0 Å². The molecular weight excluding hydrogens is 259 g/mol. The summed E-state index contributed by atoms with van der Waals surface area (Å²) in [5.74, 6) is 0. The first-order valence-corrected chi connectivity index (χ1v) is 6.40. The number of nitrogens with zero attached hydrogens (tertiary/aromatic N) is 1. The van der Waals surface area contributed by atoms with Gasteiger partial charge in [-0.05, 0) is 25.2 Å². The summed E-state index contributed by atoms with van der Waals surface area (Å²) in [7, 11) is 2.10. The van der Waals surface area contributed by atoms with E-state index in [2.05, 4.69) is 17.3 Å². The molecule has 0 aliphatic carbocycles. The standard InChI is InChI=1S/C12H16Cl2N2O/c1-16-4-5-17-10(8-16)7-15-12-6-9(13)2-3-11(12)14/h2-3,6,10,15H,4-5,7-8H2,1H3. The van der Waals surface area contributed by atoms with Gasteiger partial charge in [-0.15, -0.1) is 0 Å². The zero-order valence-corrected chi connectivity index (χ0v) is 11.3. The van der Waals surface area contributed by atoms with E-state index in [1.807, 2.05) is 6.07 Å². The third kappa shape index (κ3) is 3.75. The molecule has 17 heavy (non-hydrogen) atoms. The van der Waals surface area contributed by atoms with Gasteiger partial charge in [0.2, 0.25) is 0 Å². The van der Waals surface area contributed by atoms with E-state index in [1.54, 1.807) is 12.1 Å². The molecule has 0 amide bonds. The molecule has 0 saturated carbocycles. The van der Waals surface area contributed by atoms with Crippen LogP contribution in [0.4, 0.5) is 5.69 Å². The number of halogens is 2. The summed E-state index contributed by atoms with van der Waals surface area (Å²) >= 11 is 12.0. The van der Waals surface area contributed by atoms with Gasteiger partial charge >= 0.3 is 0 Å². The molecule has 1 atom stereocenters. The Morgan fingerprint density at radius 1 is 1.47 bits per heavy atom. The Hall–Kier alpha value is -0.480. The maximum absolute atomic E-state index is 6.07. The van der Waals surface area contributed by atoms with Crippen LogP contribution in [0.1, 0.15) is 0 Å². The van der Waals surface area contributed by atoms with E-state index >= 15 is 0 Å². The van der Waals surface area contributed by atoms with Crippen LogP contribution in [0, 0.1) is 0 Å². The summed E-state index contributed by atoms with van der Waals surface area (Å²) < 4.78 is 5.66. The third-order valence-electron chi connectivity index (χ3n) is 2.79. The number of hydrogen-bond donors (Lipinski definition) is 1. The fourth-order valence-electron chi connectivity index (χ4n) is 1.85. The molecule has 5 heteroatoms. The molecule has 0 spiro atoms. The van der Waals surface area contributed by atoms with Crippen LogP contribution in [0.5, 0.6) is 0 Å². The number of morpholine rings is 1. The van der Waals surface area contributed by atoms with E-state index in [9.17, 15) is 0 Å². The van der Waals surface area contributed by atoms with Crippen LogP contribution in [-0.2, 0) is 4.74 Å². The van der Waals surface area contributed by atoms with Crippen molar-refractivity contribution in [2.24, 2.45) is 0 Å². The molecule has 94 valence electrons. The molecule has 0 radical (unpaired) electrons. The summed E-state index contributed by atoms with van der Waals surface area (Å²) in [6.45, 7) is 3.45. The van der Waals surface area contributed by atoms with Crippen LogP contribution >= 0.6 is 23.2 Å². The fraction of sp³-hybridized carbons (Fsp3) is 0.500. The van der Waals surface area contributed by atoms with Gasteiger partial charge in [-0.1, -0.05) is 23.2 Å². The minimum absolute atomic E-state index is 0.198. The minimum atomic E-state index is 0.198. The van der Waals surface area contributed by atoms with Gasteiger partial charge in [0.15, 0.2) is 0 Å². The summed E-state index contributed by atoms with van der Waals surface area (Å²) in [4.78, 5) is 2.26. The average molecular weight is 275 g/mol. The lowest BCUT2D eigenvalue weighted by Crippen LogP contribution is -2.43. The molecule has 1 fully saturated rings. The number of rotatable bonds is 3. The van der Waals surface area contributed by atoms with E-state index in [1.165, 1.54) is 0 Å². The van der Waals surface area contributed by atoms with Gasteiger partial charge < -0.3 is 15.0 Å². The smallest absolute Gasteiger partial charge is 0.0874 e.